The van der Waals surface area contributed by atoms with Gasteiger partial charge in [0.2, 0.25) is 0 Å². The number of aryl methyl sites for hydroxylation is 1. The molecule has 19 heavy (non-hydrogen) atoms. The fraction of sp³-hybridized carbons (Fsp3) is 0.0714. The summed E-state index contributed by atoms with van der Waals surface area (Å²) in [6.07, 6.45) is 0. The Labute approximate surface area is 110 Å². The molecule has 5 heteroatoms. The molecule has 0 radical (unpaired) electrons. The number of carbonyl (C=O) groups excluding carboxylic acids is 1. The smallest absolute Gasteiger partial charge is 0.307 e. The van der Waals surface area contributed by atoms with Crippen LogP contribution in [0, 0.1) is 12.7 Å². The summed E-state index contributed by atoms with van der Waals surface area (Å²) in [4.78, 5) is 11.6. The Kier molecular flexibility index (Phi) is 3.97. The maximum Gasteiger partial charge on any atom is 0.337 e. The van der Waals surface area contributed by atoms with Gasteiger partial charge in [-0.25, -0.2) is 9.18 Å². The summed E-state index contributed by atoms with van der Waals surface area (Å²) in [6, 6.07) is 12.7. The minimum Gasteiger partial charge on any atom is -0.307 e. The molecule has 0 fully saturated rings. The highest BCUT2D eigenvalue weighted by atomic mass is 19.1. The van der Waals surface area contributed by atoms with Crippen molar-refractivity contribution in [3.63, 3.8) is 0 Å². The summed E-state index contributed by atoms with van der Waals surface area (Å²) in [5.74, 6) is -0.344. The van der Waals surface area contributed by atoms with E-state index in [0.29, 0.717) is 5.69 Å². The fourth-order valence-electron chi connectivity index (χ4n) is 1.53. The van der Waals surface area contributed by atoms with Crippen LogP contribution in [0.2, 0.25) is 0 Å². The zero-order valence-corrected chi connectivity index (χ0v) is 10.4. The molecule has 0 heterocycles. The molecule has 0 aliphatic rings. The van der Waals surface area contributed by atoms with Crippen LogP contribution >= 0.6 is 0 Å². The van der Waals surface area contributed by atoms with E-state index in [0.717, 1.165) is 11.3 Å². The number of hydrogen-bond donors (Lipinski definition) is 3. The third-order valence-electron chi connectivity index (χ3n) is 2.56. The molecule has 98 valence electrons. The van der Waals surface area contributed by atoms with Gasteiger partial charge in [-0.2, -0.15) is 0 Å². The lowest BCUT2D eigenvalue weighted by Gasteiger charge is -2.11. The first-order chi connectivity index (χ1) is 9.15. The van der Waals surface area contributed by atoms with E-state index in [9.17, 15) is 9.18 Å². The summed E-state index contributed by atoms with van der Waals surface area (Å²) in [7, 11) is 0. The third kappa shape index (κ3) is 3.70. The Bertz CT molecular complexity index is 569. The average Bonchev–Trinajstić information content (AvgIpc) is 2.40. The second-order valence-electron chi connectivity index (χ2n) is 4.03. The largest absolute Gasteiger partial charge is 0.337 e. The zero-order valence-electron chi connectivity index (χ0n) is 10.4. The van der Waals surface area contributed by atoms with Crippen LogP contribution in [0.1, 0.15) is 5.56 Å². The van der Waals surface area contributed by atoms with Gasteiger partial charge >= 0.3 is 6.03 Å². The molecule has 0 spiro atoms. The number of anilines is 2. The summed E-state index contributed by atoms with van der Waals surface area (Å²) < 4.78 is 12.7. The molecule has 0 aromatic heterocycles. The summed E-state index contributed by atoms with van der Waals surface area (Å²) in [6.45, 7) is 1.93. The van der Waals surface area contributed by atoms with E-state index in [1.165, 1.54) is 24.3 Å². The minimum absolute atomic E-state index is 0.344. The molecule has 0 saturated carbocycles. The van der Waals surface area contributed by atoms with Gasteiger partial charge in [-0.1, -0.05) is 18.2 Å². The number of nitrogens with one attached hydrogen (secondary N) is 3. The normalized spacial score (nSPS) is 9.79. The lowest BCUT2D eigenvalue weighted by atomic mass is 10.2. The van der Waals surface area contributed by atoms with E-state index in [1.54, 1.807) is 0 Å². The highest BCUT2D eigenvalue weighted by molar-refractivity contribution is 5.90. The molecular weight excluding hydrogens is 245 g/mol. The summed E-state index contributed by atoms with van der Waals surface area (Å²) >= 11 is 0. The van der Waals surface area contributed by atoms with E-state index in [2.05, 4.69) is 16.2 Å². The van der Waals surface area contributed by atoms with Crippen molar-refractivity contribution in [2.24, 2.45) is 0 Å². The maximum absolute atomic E-state index is 12.7. The van der Waals surface area contributed by atoms with Gasteiger partial charge in [0.25, 0.3) is 0 Å². The predicted octanol–water partition coefficient (Wildman–Crippen LogP) is 3.28. The maximum atomic E-state index is 12.7. The molecule has 0 aliphatic heterocycles. The number of amides is 2. The Morgan fingerprint density at radius 3 is 2.42 bits per heavy atom. The molecule has 2 aromatic carbocycles. The Morgan fingerprint density at radius 2 is 1.74 bits per heavy atom. The first kappa shape index (κ1) is 12.9. The van der Waals surface area contributed by atoms with Crippen LogP contribution in [0.4, 0.5) is 20.6 Å². The number of urea groups is 1. The Balaban J connectivity index is 1.88. The monoisotopic (exact) mass is 259 g/mol. The van der Waals surface area contributed by atoms with Crippen LogP contribution in [-0.2, 0) is 0 Å². The van der Waals surface area contributed by atoms with Gasteiger partial charge in [-0.3, -0.25) is 10.9 Å². The molecule has 3 N–H and O–H groups in total. The second kappa shape index (κ2) is 5.86. The topological polar surface area (TPSA) is 53.2 Å². The number of para-hydroxylation sites is 1. The molecule has 2 aromatic rings. The van der Waals surface area contributed by atoms with Crippen molar-refractivity contribution in [1.29, 1.82) is 0 Å². The number of hydrogen-bond acceptors (Lipinski definition) is 2. The zero-order chi connectivity index (χ0) is 13.7. The summed E-state index contributed by atoms with van der Waals surface area (Å²) in [5.41, 5.74) is 7.67. The number of hydrazine groups is 1. The van der Waals surface area contributed by atoms with Crippen molar-refractivity contribution < 1.29 is 9.18 Å². The highest BCUT2D eigenvalue weighted by Gasteiger charge is 2.02. The molecule has 0 bridgehead atoms. The van der Waals surface area contributed by atoms with Gasteiger partial charge < -0.3 is 5.32 Å². The molecule has 2 amide bonds. The number of halogens is 1. The molecule has 0 unspecified atom stereocenters. The molecule has 0 saturated heterocycles. The first-order valence-electron chi connectivity index (χ1n) is 5.79. The number of rotatable bonds is 3. The highest BCUT2D eigenvalue weighted by Crippen LogP contribution is 2.12. The molecular formula is C14H14FN3O. The standard InChI is InChI=1S/C14H14FN3O/c1-10-4-2-3-5-13(10)17-18-14(19)16-12-8-6-11(15)7-9-12/h2-9,17H,1H3,(H2,16,18,19). The van der Waals surface area contributed by atoms with Crippen LogP contribution in [0.15, 0.2) is 48.5 Å². The molecule has 4 nitrogen and oxygen atoms in total. The Morgan fingerprint density at radius 1 is 1.05 bits per heavy atom. The molecule has 0 aliphatic carbocycles. The molecule has 2 rings (SSSR count). The van der Waals surface area contributed by atoms with Gasteiger partial charge in [0, 0.05) is 5.69 Å². The van der Waals surface area contributed by atoms with E-state index in [-0.39, 0.29) is 5.82 Å². The van der Waals surface area contributed by atoms with E-state index in [4.69, 9.17) is 0 Å². The van der Waals surface area contributed by atoms with Gasteiger partial charge in [0.15, 0.2) is 0 Å². The lowest BCUT2D eigenvalue weighted by Crippen LogP contribution is -2.33. The van der Waals surface area contributed by atoms with Crippen molar-refractivity contribution in [1.82, 2.24) is 5.43 Å². The average molecular weight is 259 g/mol. The van der Waals surface area contributed by atoms with Crippen molar-refractivity contribution in [3.05, 3.63) is 59.9 Å². The SMILES string of the molecule is Cc1ccccc1NNC(=O)Nc1ccc(F)cc1. The quantitative estimate of drug-likeness (QED) is 0.741. The number of carbonyl (C=O) groups is 1. The van der Waals surface area contributed by atoms with Gasteiger partial charge in [0.1, 0.15) is 5.82 Å². The van der Waals surface area contributed by atoms with Crippen molar-refractivity contribution in [2.45, 2.75) is 6.92 Å². The van der Waals surface area contributed by atoms with Crippen LogP contribution < -0.4 is 16.2 Å². The van der Waals surface area contributed by atoms with Crippen LogP contribution in [-0.4, -0.2) is 6.03 Å². The fourth-order valence-corrected chi connectivity index (χ4v) is 1.53. The van der Waals surface area contributed by atoms with Crippen LogP contribution in [0.3, 0.4) is 0 Å². The van der Waals surface area contributed by atoms with E-state index >= 15 is 0 Å². The van der Waals surface area contributed by atoms with E-state index < -0.39 is 6.03 Å². The van der Waals surface area contributed by atoms with Gasteiger partial charge in [-0.05, 0) is 42.8 Å². The first-order valence-corrected chi connectivity index (χ1v) is 5.79. The second-order valence-corrected chi connectivity index (χ2v) is 4.03. The van der Waals surface area contributed by atoms with Crippen molar-refractivity contribution in [2.75, 3.05) is 10.7 Å². The minimum atomic E-state index is -0.421. The number of benzene rings is 2. The summed E-state index contributed by atoms with van der Waals surface area (Å²) in [5, 5.41) is 2.58. The lowest BCUT2D eigenvalue weighted by molar-refractivity contribution is 0.254. The van der Waals surface area contributed by atoms with E-state index in [1.807, 2.05) is 31.2 Å². The van der Waals surface area contributed by atoms with Gasteiger partial charge in [-0.15, -0.1) is 0 Å². The predicted molar refractivity (Wildman–Crippen MR) is 73.4 cm³/mol. The van der Waals surface area contributed by atoms with Crippen LogP contribution in [0.25, 0.3) is 0 Å². The van der Waals surface area contributed by atoms with Gasteiger partial charge in [0.05, 0.1) is 5.69 Å². The van der Waals surface area contributed by atoms with Crippen molar-refractivity contribution in [3.8, 4) is 0 Å². The Hall–Kier alpha value is -2.56. The third-order valence-corrected chi connectivity index (χ3v) is 2.56. The van der Waals surface area contributed by atoms with Crippen LogP contribution in [0.5, 0.6) is 0 Å². The molecule has 0 atom stereocenters. The van der Waals surface area contributed by atoms with Crippen molar-refractivity contribution >= 4 is 17.4 Å².